The quantitative estimate of drug-likeness (QED) is 0.406. The van der Waals surface area contributed by atoms with E-state index in [0.29, 0.717) is 12.8 Å². The third-order valence-electron chi connectivity index (χ3n) is 1.77. The largest absolute Gasteiger partial charge is 0.436 e. The highest BCUT2D eigenvalue weighted by molar-refractivity contribution is 5.86. The van der Waals surface area contributed by atoms with Crippen molar-refractivity contribution in [3.05, 3.63) is 12.7 Å². The van der Waals surface area contributed by atoms with E-state index in [1.807, 2.05) is 6.92 Å². The van der Waals surface area contributed by atoms with Crippen molar-refractivity contribution in [2.24, 2.45) is 0 Å². The Labute approximate surface area is 95.8 Å². The maximum atomic E-state index is 11.0. The van der Waals surface area contributed by atoms with E-state index < -0.39 is 12.5 Å². The number of amides is 1. The van der Waals surface area contributed by atoms with Gasteiger partial charge < -0.3 is 14.8 Å². The minimum atomic E-state index is -0.632. The summed E-state index contributed by atoms with van der Waals surface area (Å²) in [6.45, 7) is 8.51. The van der Waals surface area contributed by atoms with Gasteiger partial charge in [0.15, 0.2) is 0 Å². The van der Waals surface area contributed by atoms with Crippen LogP contribution in [0.3, 0.4) is 0 Å². The van der Waals surface area contributed by atoms with E-state index in [-0.39, 0.29) is 11.9 Å². The highest BCUT2D eigenvalue weighted by atomic mass is 16.7. The first-order chi connectivity index (χ1) is 7.53. The standard InChI is InChI=1S/C11H19NO4/c1-5-9(13)12-8(4)15-11(7-3)16-10(14)6-2/h5,8,11H,1,6-7H2,2-4H3,(H,12,13). The zero-order valence-corrected chi connectivity index (χ0v) is 9.99. The van der Waals surface area contributed by atoms with Gasteiger partial charge in [-0.15, -0.1) is 0 Å². The first-order valence-corrected chi connectivity index (χ1v) is 5.31. The molecule has 16 heavy (non-hydrogen) atoms. The molecule has 1 amide bonds. The number of carbonyl (C=O) groups excluding carboxylic acids is 2. The van der Waals surface area contributed by atoms with Gasteiger partial charge in [-0.2, -0.15) is 0 Å². The van der Waals surface area contributed by atoms with Crippen LogP contribution in [-0.2, 0) is 19.1 Å². The Morgan fingerprint density at radius 3 is 2.50 bits per heavy atom. The highest BCUT2D eigenvalue weighted by Gasteiger charge is 2.15. The van der Waals surface area contributed by atoms with E-state index in [9.17, 15) is 9.59 Å². The molecule has 0 aliphatic rings. The Balaban J connectivity index is 4.05. The van der Waals surface area contributed by atoms with Crippen LogP contribution in [0, 0.1) is 0 Å². The summed E-state index contributed by atoms with van der Waals surface area (Å²) >= 11 is 0. The fourth-order valence-corrected chi connectivity index (χ4v) is 0.958. The predicted octanol–water partition coefficient (Wildman–Crippen LogP) is 1.34. The van der Waals surface area contributed by atoms with Crippen molar-refractivity contribution in [2.45, 2.75) is 46.1 Å². The van der Waals surface area contributed by atoms with Crippen molar-refractivity contribution in [3.63, 3.8) is 0 Å². The molecule has 2 atom stereocenters. The van der Waals surface area contributed by atoms with Crippen LogP contribution in [-0.4, -0.2) is 24.4 Å². The third kappa shape index (κ3) is 6.19. The van der Waals surface area contributed by atoms with Gasteiger partial charge in [-0.25, -0.2) is 0 Å². The van der Waals surface area contributed by atoms with Gasteiger partial charge in [-0.3, -0.25) is 9.59 Å². The second-order valence-corrected chi connectivity index (χ2v) is 3.17. The van der Waals surface area contributed by atoms with Crippen molar-refractivity contribution in [1.82, 2.24) is 5.32 Å². The summed E-state index contributed by atoms with van der Waals surface area (Å²) in [4.78, 5) is 22.0. The molecule has 0 aromatic rings. The van der Waals surface area contributed by atoms with E-state index >= 15 is 0 Å². The van der Waals surface area contributed by atoms with Crippen LogP contribution in [0.4, 0.5) is 0 Å². The van der Waals surface area contributed by atoms with Crippen LogP contribution >= 0.6 is 0 Å². The number of esters is 1. The molecule has 0 bridgehead atoms. The fraction of sp³-hybridized carbons (Fsp3) is 0.636. The van der Waals surface area contributed by atoms with Crippen molar-refractivity contribution in [2.75, 3.05) is 0 Å². The van der Waals surface area contributed by atoms with Gasteiger partial charge in [0.25, 0.3) is 0 Å². The van der Waals surface area contributed by atoms with Crippen LogP contribution in [0.5, 0.6) is 0 Å². The molecule has 0 aliphatic carbocycles. The lowest BCUT2D eigenvalue weighted by atomic mass is 10.4. The molecule has 0 radical (unpaired) electrons. The average molecular weight is 229 g/mol. The number of nitrogens with one attached hydrogen (secondary N) is 1. The van der Waals surface area contributed by atoms with Crippen molar-refractivity contribution >= 4 is 11.9 Å². The zero-order valence-electron chi connectivity index (χ0n) is 9.99. The van der Waals surface area contributed by atoms with E-state index in [1.54, 1.807) is 13.8 Å². The molecular formula is C11H19NO4. The minimum absolute atomic E-state index is 0.299. The molecule has 5 heteroatoms. The van der Waals surface area contributed by atoms with Crippen LogP contribution in [0.1, 0.15) is 33.6 Å². The van der Waals surface area contributed by atoms with Crippen LogP contribution < -0.4 is 5.32 Å². The Hall–Kier alpha value is -1.36. The fourth-order valence-electron chi connectivity index (χ4n) is 0.958. The second-order valence-electron chi connectivity index (χ2n) is 3.17. The van der Waals surface area contributed by atoms with Gasteiger partial charge in [0.1, 0.15) is 6.23 Å². The van der Waals surface area contributed by atoms with E-state index in [4.69, 9.17) is 9.47 Å². The molecule has 0 saturated carbocycles. The van der Waals surface area contributed by atoms with Crippen LogP contribution in [0.25, 0.3) is 0 Å². The van der Waals surface area contributed by atoms with Gasteiger partial charge in [0, 0.05) is 12.8 Å². The summed E-state index contributed by atoms with van der Waals surface area (Å²) < 4.78 is 10.3. The molecule has 2 unspecified atom stereocenters. The monoisotopic (exact) mass is 229 g/mol. The Bertz CT molecular complexity index is 252. The normalized spacial score (nSPS) is 13.7. The zero-order chi connectivity index (χ0) is 12.6. The molecule has 0 saturated heterocycles. The second kappa shape index (κ2) is 7.87. The molecule has 0 rings (SSSR count). The molecule has 0 aromatic carbocycles. The molecular weight excluding hydrogens is 210 g/mol. The van der Waals surface area contributed by atoms with E-state index in [2.05, 4.69) is 11.9 Å². The highest BCUT2D eigenvalue weighted by Crippen LogP contribution is 2.04. The lowest BCUT2D eigenvalue weighted by molar-refractivity contribution is -0.191. The lowest BCUT2D eigenvalue weighted by Crippen LogP contribution is -2.37. The molecule has 5 nitrogen and oxygen atoms in total. The molecule has 0 heterocycles. The molecule has 0 aliphatic heterocycles. The van der Waals surface area contributed by atoms with Crippen LogP contribution in [0.15, 0.2) is 12.7 Å². The smallest absolute Gasteiger partial charge is 0.307 e. The summed E-state index contributed by atoms with van der Waals surface area (Å²) in [5.41, 5.74) is 0. The number of hydrogen-bond acceptors (Lipinski definition) is 4. The summed E-state index contributed by atoms with van der Waals surface area (Å²) in [5.74, 6) is -0.654. The Morgan fingerprint density at radius 2 is 2.06 bits per heavy atom. The molecule has 92 valence electrons. The first kappa shape index (κ1) is 14.6. The van der Waals surface area contributed by atoms with Crippen LogP contribution in [0.2, 0.25) is 0 Å². The van der Waals surface area contributed by atoms with E-state index in [1.165, 1.54) is 0 Å². The summed E-state index contributed by atoms with van der Waals surface area (Å²) in [6.07, 6.45) is 0.819. The lowest BCUT2D eigenvalue weighted by Gasteiger charge is -2.21. The predicted molar refractivity (Wildman–Crippen MR) is 59.3 cm³/mol. The van der Waals surface area contributed by atoms with E-state index in [0.717, 1.165) is 6.08 Å². The Morgan fingerprint density at radius 1 is 1.44 bits per heavy atom. The minimum Gasteiger partial charge on any atom is -0.436 e. The van der Waals surface area contributed by atoms with Gasteiger partial charge in [-0.05, 0) is 13.0 Å². The summed E-state index contributed by atoms with van der Waals surface area (Å²) in [6, 6.07) is 0. The number of ether oxygens (including phenoxy) is 2. The SMILES string of the molecule is C=CC(=O)NC(C)OC(CC)OC(=O)CC. The van der Waals surface area contributed by atoms with Gasteiger partial charge in [0.2, 0.25) is 12.2 Å². The third-order valence-corrected chi connectivity index (χ3v) is 1.77. The maximum absolute atomic E-state index is 11.0. The van der Waals surface area contributed by atoms with Gasteiger partial charge in [0.05, 0.1) is 0 Å². The molecule has 0 spiro atoms. The maximum Gasteiger partial charge on any atom is 0.307 e. The number of carbonyl (C=O) groups is 2. The molecule has 1 N–H and O–H groups in total. The summed E-state index contributed by atoms with van der Waals surface area (Å²) in [5, 5.41) is 2.52. The average Bonchev–Trinajstić information content (AvgIpc) is 2.27. The van der Waals surface area contributed by atoms with Gasteiger partial charge in [-0.1, -0.05) is 20.4 Å². The number of hydrogen-bond donors (Lipinski definition) is 1. The first-order valence-electron chi connectivity index (χ1n) is 5.31. The summed E-state index contributed by atoms with van der Waals surface area (Å²) in [7, 11) is 0. The topological polar surface area (TPSA) is 64.6 Å². The van der Waals surface area contributed by atoms with Gasteiger partial charge >= 0.3 is 5.97 Å². The number of rotatable bonds is 7. The molecule has 0 fully saturated rings. The van der Waals surface area contributed by atoms with Crippen molar-refractivity contribution in [1.29, 1.82) is 0 Å². The van der Waals surface area contributed by atoms with Crippen molar-refractivity contribution < 1.29 is 19.1 Å². The molecule has 0 aromatic heterocycles. The van der Waals surface area contributed by atoms with Crippen molar-refractivity contribution in [3.8, 4) is 0 Å². The Kier molecular flexibility index (Phi) is 7.20.